The summed E-state index contributed by atoms with van der Waals surface area (Å²) in [6.45, 7) is 2.10. The maximum atomic E-state index is 12.5. The monoisotopic (exact) mass is 398 g/mol. The van der Waals surface area contributed by atoms with Crippen molar-refractivity contribution in [3.05, 3.63) is 27.9 Å². The van der Waals surface area contributed by atoms with E-state index < -0.39 is 11.8 Å². The number of rotatable bonds is 3. The van der Waals surface area contributed by atoms with Gasteiger partial charge in [-0.3, -0.25) is 9.36 Å². The maximum absolute atomic E-state index is 12.5. The Kier molecular flexibility index (Phi) is 5.31. The van der Waals surface area contributed by atoms with Crippen LogP contribution < -0.4 is 11.4 Å². The van der Waals surface area contributed by atoms with Crippen molar-refractivity contribution >= 4 is 28.5 Å². The van der Waals surface area contributed by atoms with Crippen LogP contribution in [0.3, 0.4) is 0 Å². The third-order valence-electron chi connectivity index (χ3n) is 5.04. The van der Waals surface area contributed by atoms with E-state index in [9.17, 15) is 24.9 Å². The van der Waals surface area contributed by atoms with Gasteiger partial charge in [0, 0.05) is 18.0 Å². The second-order valence-electron chi connectivity index (χ2n) is 7.33. The van der Waals surface area contributed by atoms with Gasteiger partial charge >= 0.3 is 11.8 Å². The smallest absolute Gasteiger partial charge is 0.369 e. The summed E-state index contributed by atoms with van der Waals surface area (Å²) in [7, 11) is 0. The summed E-state index contributed by atoms with van der Waals surface area (Å²) in [4.78, 5) is 26.3. The van der Waals surface area contributed by atoms with Gasteiger partial charge < -0.3 is 21.1 Å². The molecule has 2 aliphatic rings. The number of fused-ring (bicyclic) bond motifs is 1. The first-order chi connectivity index (χ1) is 12.6. The highest BCUT2D eigenvalue weighted by atomic mass is 35.5. The molecule has 27 heavy (non-hydrogen) atoms. The minimum absolute atomic E-state index is 0.0583. The second-order valence-corrected chi connectivity index (χ2v) is 7.72. The normalized spacial score (nSPS) is 22.6. The second kappa shape index (κ2) is 7.23. The summed E-state index contributed by atoms with van der Waals surface area (Å²) >= 11 is 5.88. The van der Waals surface area contributed by atoms with Crippen LogP contribution in [0.25, 0.3) is 11.0 Å². The van der Waals surface area contributed by atoms with E-state index in [1.165, 1.54) is 16.8 Å². The third kappa shape index (κ3) is 4.16. The Labute approximate surface area is 160 Å². The van der Waals surface area contributed by atoms with Gasteiger partial charge in [0.15, 0.2) is 0 Å². The van der Waals surface area contributed by atoms with E-state index in [4.69, 9.17) is 17.3 Å². The molecule has 2 unspecified atom stereocenters. The fraction of sp³-hybridized carbons (Fsp3) is 0.588. The van der Waals surface area contributed by atoms with Gasteiger partial charge in [-0.15, -0.1) is 0 Å². The van der Waals surface area contributed by atoms with Crippen LogP contribution in [-0.2, 0) is 10.9 Å². The van der Waals surface area contributed by atoms with Crippen molar-refractivity contribution in [3.8, 4) is 0 Å². The number of carbonyl (C=O) groups excluding carboxylic acids is 1. The third-order valence-corrected chi connectivity index (χ3v) is 5.24. The number of aliphatic hydroxyl groups is 3. The van der Waals surface area contributed by atoms with Crippen molar-refractivity contribution in [1.29, 1.82) is 0 Å². The quantitative estimate of drug-likeness (QED) is 0.441. The van der Waals surface area contributed by atoms with Gasteiger partial charge in [0.05, 0.1) is 17.2 Å². The molecule has 2 saturated carbocycles. The van der Waals surface area contributed by atoms with Crippen LogP contribution >= 0.6 is 11.6 Å². The van der Waals surface area contributed by atoms with E-state index in [1.807, 2.05) is 0 Å². The van der Waals surface area contributed by atoms with E-state index in [2.05, 4.69) is 11.9 Å². The number of carbonyl (C=O) groups is 1. The zero-order valence-electron chi connectivity index (χ0n) is 14.9. The number of nitrogens with zero attached hydrogens (tertiary/aromatic N) is 3. The molecule has 2 heterocycles. The van der Waals surface area contributed by atoms with E-state index >= 15 is 0 Å². The fourth-order valence-electron chi connectivity index (χ4n) is 3.51. The number of halogens is 1. The van der Waals surface area contributed by atoms with Gasteiger partial charge in [-0.25, -0.2) is 14.3 Å². The van der Waals surface area contributed by atoms with Gasteiger partial charge in [0.1, 0.15) is 5.15 Å². The average Bonchev–Trinajstić information content (AvgIpc) is 3.26. The van der Waals surface area contributed by atoms with Crippen molar-refractivity contribution in [2.24, 2.45) is 17.6 Å². The molecule has 2 aromatic heterocycles. The molecular formula is C17H23ClN4O5. The fourth-order valence-corrected chi connectivity index (χ4v) is 3.67. The standard InChI is InChI=1S/C13H16ClN3O4.C4H7NO/c1-7-2-3-8(4-7)16-9-5-11(14)15-6-10(9)17(12(16)18)13(19,20)21;5-4(6)3-1-2-3/h5-8,19-21H,2-4H2,1H3;3H,1-2H2,(H2,5,6). The number of imidazole rings is 1. The molecule has 2 fully saturated rings. The van der Waals surface area contributed by atoms with Crippen molar-refractivity contribution < 1.29 is 20.1 Å². The summed E-state index contributed by atoms with van der Waals surface area (Å²) in [5.41, 5.74) is 4.72. The number of hydrogen-bond acceptors (Lipinski definition) is 6. The predicted octanol–water partition coefficient (Wildman–Crippen LogP) is 0.639. The zero-order chi connectivity index (χ0) is 19.9. The molecule has 148 valence electrons. The van der Waals surface area contributed by atoms with Crippen LogP contribution in [0.2, 0.25) is 5.15 Å². The lowest BCUT2D eigenvalue weighted by Crippen LogP contribution is -2.41. The van der Waals surface area contributed by atoms with Crippen molar-refractivity contribution in [1.82, 2.24) is 14.1 Å². The molecule has 0 spiro atoms. The molecule has 0 aliphatic heterocycles. The Morgan fingerprint density at radius 2 is 1.93 bits per heavy atom. The lowest BCUT2D eigenvalue weighted by atomic mass is 10.1. The molecule has 5 N–H and O–H groups in total. The predicted molar refractivity (Wildman–Crippen MR) is 97.6 cm³/mol. The largest absolute Gasteiger partial charge is 0.377 e. The van der Waals surface area contributed by atoms with Gasteiger partial charge in [-0.1, -0.05) is 18.5 Å². The zero-order valence-corrected chi connectivity index (χ0v) is 15.6. The lowest BCUT2D eigenvalue weighted by molar-refractivity contribution is -0.374. The molecule has 0 radical (unpaired) electrons. The molecule has 2 atom stereocenters. The minimum Gasteiger partial charge on any atom is -0.369 e. The van der Waals surface area contributed by atoms with Crippen LogP contribution in [0.15, 0.2) is 17.1 Å². The summed E-state index contributed by atoms with van der Waals surface area (Å²) in [6.07, 6.45) is 2.63. The number of amides is 1. The van der Waals surface area contributed by atoms with Crippen molar-refractivity contribution in [2.75, 3.05) is 0 Å². The number of primary amides is 1. The van der Waals surface area contributed by atoms with E-state index in [0.717, 1.165) is 32.1 Å². The van der Waals surface area contributed by atoms with Gasteiger partial charge in [-0.2, -0.15) is 0 Å². The summed E-state index contributed by atoms with van der Waals surface area (Å²) < 4.78 is 1.97. The van der Waals surface area contributed by atoms with Gasteiger partial charge in [-0.05, 0) is 38.0 Å². The molecule has 10 heteroatoms. The molecule has 0 aromatic carbocycles. The Hall–Kier alpha value is -1.94. The first kappa shape index (κ1) is 19.8. The Bertz CT molecular complexity index is 912. The van der Waals surface area contributed by atoms with E-state index in [-0.39, 0.29) is 28.5 Å². The Balaban J connectivity index is 0.000000299. The van der Waals surface area contributed by atoms with Crippen molar-refractivity contribution in [3.63, 3.8) is 0 Å². The first-order valence-corrected chi connectivity index (χ1v) is 9.22. The number of nitrogens with two attached hydrogens (primary N) is 1. The van der Waals surface area contributed by atoms with Crippen LogP contribution in [0, 0.1) is 11.8 Å². The lowest BCUT2D eigenvalue weighted by Gasteiger charge is -2.15. The maximum Gasteiger partial charge on any atom is 0.377 e. The Morgan fingerprint density at radius 1 is 1.26 bits per heavy atom. The van der Waals surface area contributed by atoms with Crippen molar-refractivity contribution in [2.45, 2.75) is 51.2 Å². The molecule has 0 saturated heterocycles. The minimum atomic E-state index is -3.28. The van der Waals surface area contributed by atoms with E-state index in [0.29, 0.717) is 16.0 Å². The molecule has 1 amide bonds. The average molecular weight is 399 g/mol. The van der Waals surface area contributed by atoms with Crippen LogP contribution in [0.5, 0.6) is 0 Å². The molecule has 0 bridgehead atoms. The Morgan fingerprint density at radius 3 is 2.37 bits per heavy atom. The van der Waals surface area contributed by atoms with Crippen LogP contribution in [0.4, 0.5) is 0 Å². The summed E-state index contributed by atoms with van der Waals surface area (Å²) in [5.74, 6) is 0.597. The number of aromatic nitrogens is 3. The van der Waals surface area contributed by atoms with E-state index in [1.54, 1.807) is 0 Å². The first-order valence-electron chi connectivity index (χ1n) is 8.85. The molecular weight excluding hydrogens is 376 g/mol. The van der Waals surface area contributed by atoms with Crippen LogP contribution in [-0.4, -0.2) is 35.3 Å². The SMILES string of the molecule is CC1CCC(n2c(=O)n(C(O)(O)O)c3cnc(Cl)cc32)C1.NC(=O)C1CC1. The summed E-state index contributed by atoms with van der Waals surface area (Å²) in [6, 6.07) is 1.43. The number of pyridine rings is 1. The summed E-state index contributed by atoms with van der Waals surface area (Å²) in [5, 5.41) is 28.5. The molecule has 2 aliphatic carbocycles. The highest BCUT2D eigenvalue weighted by molar-refractivity contribution is 6.29. The molecule has 2 aromatic rings. The van der Waals surface area contributed by atoms with Crippen LogP contribution in [0.1, 0.15) is 45.1 Å². The van der Waals surface area contributed by atoms with Gasteiger partial charge in [0.25, 0.3) is 0 Å². The number of hydrogen-bond donors (Lipinski definition) is 4. The van der Waals surface area contributed by atoms with Gasteiger partial charge in [0.2, 0.25) is 5.91 Å². The topological polar surface area (TPSA) is 144 Å². The highest BCUT2D eigenvalue weighted by Gasteiger charge is 2.33. The highest BCUT2D eigenvalue weighted by Crippen LogP contribution is 2.35. The molecule has 4 rings (SSSR count). The molecule has 9 nitrogen and oxygen atoms in total.